The first kappa shape index (κ1) is 15.0. The third kappa shape index (κ3) is 4.06. The average Bonchev–Trinajstić information content (AvgIpc) is 2.45. The van der Waals surface area contributed by atoms with Gasteiger partial charge in [0.05, 0.1) is 5.56 Å². The van der Waals surface area contributed by atoms with E-state index < -0.39 is 11.7 Å². The summed E-state index contributed by atoms with van der Waals surface area (Å²) in [6, 6.07) is 7.27. The molecule has 0 unspecified atom stereocenters. The lowest BCUT2D eigenvalue weighted by atomic mass is 10.2. The summed E-state index contributed by atoms with van der Waals surface area (Å²) >= 11 is 0. The summed E-state index contributed by atoms with van der Waals surface area (Å²) < 4.78 is 50.9. The molecule has 0 aliphatic rings. The van der Waals surface area contributed by atoms with Crippen LogP contribution < -0.4 is 16.6 Å². The van der Waals surface area contributed by atoms with Gasteiger partial charge in [-0.05, 0) is 29.8 Å². The molecule has 4 N–H and O–H groups in total. The molecule has 1 aromatic carbocycles. The second-order valence-electron chi connectivity index (χ2n) is 4.25. The van der Waals surface area contributed by atoms with Crippen LogP contribution in [0, 0.1) is 5.82 Å². The summed E-state index contributed by atoms with van der Waals surface area (Å²) in [6.45, 7) is 0.207. The Bertz CT molecular complexity index is 611. The lowest BCUT2D eigenvalue weighted by Crippen LogP contribution is -2.13. The van der Waals surface area contributed by atoms with Gasteiger partial charge < -0.3 is 10.7 Å². The number of rotatable bonds is 4. The number of hydrazine groups is 1. The predicted molar refractivity (Wildman–Crippen MR) is 70.8 cm³/mol. The van der Waals surface area contributed by atoms with Crippen LogP contribution in [-0.4, -0.2) is 4.98 Å². The molecule has 112 valence electrons. The molecule has 8 heteroatoms. The predicted octanol–water partition coefficient (Wildman–Crippen LogP) is 3.14. The molecule has 21 heavy (non-hydrogen) atoms. The zero-order chi connectivity index (χ0) is 15.5. The summed E-state index contributed by atoms with van der Waals surface area (Å²) in [5.41, 5.74) is 1.92. The van der Waals surface area contributed by atoms with Gasteiger partial charge in [-0.15, -0.1) is 0 Å². The molecule has 0 aliphatic heterocycles. The van der Waals surface area contributed by atoms with Crippen LogP contribution in [0.3, 0.4) is 0 Å². The Balaban J connectivity index is 2.17. The number of halogens is 4. The van der Waals surface area contributed by atoms with E-state index in [0.717, 1.165) is 12.1 Å². The molecule has 1 heterocycles. The maximum atomic E-state index is 12.8. The molecule has 1 aromatic heterocycles. The van der Waals surface area contributed by atoms with Gasteiger partial charge in [-0.2, -0.15) is 13.2 Å². The Morgan fingerprint density at radius 3 is 2.24 bits per heavy atom. The number of hydrogen-bond donors (Lipinski definition) is 3. The second kappa shape index (κ2) is 5.96. The lowest BCUT2D eigenvalue weighted by molar-refractivity contribution is -0.137. The first-order chi connectivity index (χ1) is 9.88. The SMILES string of the molecule is NNc1cc(C(F)(F)F)cc(NCc2ccc(F)cc2)n1. The minimum absolute atomic E-state index is 0.0158. The Morgan fingerprint density at radius 2 is 1.67 bits per heavy atom. The van der Waals surface area contributed by atoms with Crippen LogP contribution in [0.15, 0.2) is 36.4 Å². The van der Waals surface area contributed by atoms with E-state index in [9.17, 15) is 17.6 Å². The van der Waals surface area contributed by atoms with Crippen LogP contribution in [0.4, 0.5) is 29.2 Å². The summed E-state index contributed by atoms with van der Waals surface area (Å²) in [7, 11) is 0. The van der Waals surface area contributed by atoms with Gasteiger partial charge in [-0.25, -0.2) is 15.2 Å². The van der Waals surface area contributed by atoms with Gasteiger partial charge in [0, 0.05) is 6.54 Å². The van der Waals surface area contributed by atoms with E-state index in [0.29, 0.717) is 5.56 Å². The van der Waals surface area contributed by atoms with Crippen molar-refractivity contribution in [2.24, 2.45) is 5.84 Å². The molecular formula is C13H12F4N4. The molecule has 0 radical (unpaired) electrons. The molecule has 0 amide bonds. The van der Waals surface area contributed by atoms with E-state index in [1.165, 1.54) is 24.3 Å². The topological polar surface area (TPSA) is 63.0 Å². The van der Waals surface area contributed by atoms with Gasteiger partial charge in [-0.1, -0.05) is 12.1 Å². The largest absolute Gasteiger partial charge is 0.416 e. The Morgan fingerprint density at radius 1 is 1.05 bits per heavy atom. The molecule has 0 saturated heterocycles. The monoisotopic (exact) mass is 300 g/mol. The van der Waals surface area contributed by atoms with Crippen LogP contribution in [0.1, 0.15) is 11.1 Å². The fourth-order valence-corrected chi connectivity index (χ4v) is 1.65. The van der Waals surface area contributed by atoms with E-state index in [1.807, 2.05) is 0 Å². The lowest BCUT2D eigenvalue weighted by Gasteiger charge is -2.12. The first-order valence-corrected chi connectivity index (χ1v) is 5.92. The number of alkyl halides is 3. The Kier molecular flexibility index (Phi) is 4.27. The molecule has 0 aliphatic carbocycles. The van der Waals surface area contributed by atoms with E-state index >= 15 is 0 Å². The third-order valence-corrected chi connectivity index (χ3v) is 2.69. The third-order valence-electron chi connectivity index (χ3n) is 2.69. The molecule has 0 fully saturated rings. The van der Waals surface area contributed by atoms with Crippen molar-refractivity contribution in [3.8, 4) is 0 Å². The number of anilines is 2. The zero-order valence-corrected chi connectivity index (χ0v) is 10.7. The van der Waals surface area contributed by atoms with Crippen molar-refractivity contribution in [2.75, 3.05) is 10.7 Å². The standard InChI is InChI=1S/C13H12F4N4/c14-10-3-1-8(2-4-10)7-19-11-5-9(13(15,16)17)6-12(20-11)21-18/h1-6H,7,18H2,(H2,19,20,21). The quantitative estimate of drug-likeness (QED) is 0.461. The highest BCUT2D eigenvalue weighted by Crippen LogP contribution is 2.31. The number of nitrogen functional groups attached to an aromatic ring is 1. The number of nitrogens with zero attached hydrogens (tertiary/aromatic N) is 1. The van der Waals surface area contributed by atoms with Crippen LogP contribution in [0.5, 0.6) is 0 Å². The summed E-state index contributed by atoms with van der Waals surface area (Å²) in [5, 5.41) is 2.74. The molecular weight excluding hydrogens is 288 g/mol. The number of hydrogen-bond acceptors (Lipinski definition) is 4. The van der Waals surface area contributed by atoms with E-state index in [2.05, 4.69) is 15.7 Å². The summed E-state index contributed by atoms with van der Waals surface area (Å²) in [6.07, 6.45) is -4.50. The molecule has 2 rings (SSSR count). The second-order valence-corrected chi connectivity index (χ2v) is 4.25. The average molecular weight is 300 g/mol. The zero-order valence-electron chi connectivity index (χ0n) is 10.7. The van der Waals surface area contributed by atoms with Crippen LogP contribution in [0.2, 0.25) is 0 Å². The van der Waals surface area contributed by atoms with Crippen molar-refractivity contribution < 1.29 is 17.6 Å². The molecule has 0 bridgehead atoms. The van der Waals surface area contributed by atoms with Gasteiger partial charge in [0.1, 0.15) is 17.5 Å². The molecule has 0 saturated carbocycles. The van der Waals surface area contributed by atoms with Crippen molar-refractivity contribution in [2.45, 2.75) is 12.7 Å². The summed E-state index contributed by atoms with van der Waals surface area (Å²) in [4.78, 5) is 3.88. The highest BCUT2D eigenvalue weighted by molar-refractivity contribution is 5.49. The van der Waals surface area contributed by atoms with Crippen molar-refractivity contribution in [1.82, 2.24) is 4.98 Å². The minimum atomic E-state index is -4.50. The Labute approximate surface area is 118 Å². The van der Waals surface area contributed by atoms with Gasteiger partial charge in [0.2, 0.25) is 0 Å². The van der Waals surface area contributed by atoms with Gasteiger partial charge in [-0.3, -0.25) is 0 Å². The van der Waals surface area contributed by atoms with Crippen LogP contribution >= 0.6 is 0 Å². The Hall–Kier alpha value is -2.35. The van der Waals surface area contributed by atoms with Crippen molar-refractivity contribution in [3.63, 3.8) is 0 Å². The number of benzene rings is 1. The number of nitrogens with one attached hydrogen (secondary N) is 2. The highest BCUT2D eigenvalue weighted by atomic mass is 19.4. The van der Waals surface area contributed by atoms with Crippen LogP contribution in [-0.2, 0) is 12.7 Å². The van der Waals surface area contributed by atoms with E-state index in [-0.39, 0.29) is 24.0 Å². The van der Waals surface area contributed by atoms with Gasteiger partial charge in [0.15, 0.2) is 0 Å². The molecule has 0 atom stereocenters. The van der Waals surface area contributed by atoms with Crippen molar-refractivity contribution in [3.05, 3.63) is 53.3 Å². The molecule has 4 nitrogen and oxygen atoms in total. The highest BCUT2D eigenvalue weighted by Gasteiger charge is 2.31. The maximum Gasteiger partial charge on any atom is 0.416 e. The summed E-state index contributed by atoms with van der Waals surface area (Å²) in [5.74, 6) is 4.63. The smallest absolute Gasteiger partial charge is 0.366 e. The first-order valence-electron chi connectivity index (χ1n) is 5.92. The van der Waals surface area contributed by atoms with Gasteiger partial charge in [0.25, 0.3) is 0 Å². The van der Waals surface area contributed by atoms with Gasteiger partial charge >= 0.3 is 6.18 Å². The fourth-order valence-electron chi connectivity index (χ4n) is 1.65. The molecule has 0 spiro atoms. The van der Waals surface area contributed by atoms with Crippen molar-refractivity contribution in [1.29, 1.82) is 0 Å². The van der Waals surface area contributed by atoms with E-state index in [1.54, 1.807) is 0 Å². The fraction of sp³-hybridized carbons (Fsp3) is 0.154. The van der Waals surface area contributed by atoms with E-state index in [4.69, 9.17) is 5.84 Å². The van der Waals surface area contributed by atoms with Crippen LogP contribution in [0.25, 0.3) is 0 Å². The maximum absolute atomic E-state index is 12.8. The number of nitrogens with two attached hydrogens (primary N) is 1. The van der Waals surface area contributed by atoms with Crippen molar-refractivity contribution >= 4 is 11.6 Å². The number of pyridine rings is 1. The molecule has 2 aromatic rings. The minimum Gasteiger partial charge on any atom is -0.366 e. The number of aromatic nitrogens is 1. The normalized spacial score (nSPS) is 11.3.